The van der Waals surface area contributed by atoms with E-state index in [9.17, 15) is 9.18 Å². The van der Waals surface area contributed by atoms with E-state index in [-0.39, 0.29) is 5.02 Å². The van der Waals surface area contributed by atoms with E-state index in [0.717, 1.165) is 0 Å². The van der Waals surface area contributed by atoms with Crippen molar-refractivity contribution < 1.29 is 9.18 Å². The first-order valence-corrected chi connectivity index (χ1v) is 3.90. The zero-order chi connectivity index (χ0) is 9.84. The summed E-state index contributed by atoms with van der Waals surface area (Å²) >= 11 is 5.67. The van der Waals surface area contributed by atoms with Crippen LogP contribution in [0, 0.1) is 5.82 Å². The van der Waals surface area contributed by atoms with E-state index < -0.39 is 11.7 Å². The second-order valence-corrected chi connectivity index (χ2v) is 2.81. The van der Waals surface area contributed by atoms with Crippen LogP contribution in [0.5, 0.6) is 0 Å². The zero-order valence-corrected chi connectivity index (χ0v) is 7.38. The highest BCUT2D eigenvalue weighted by Crippen LogP contribution is 2.18. The Labute approximate surface area is 79.8 Å². The van der Waals surface area contributed by atoms with Crippen LogP contribution in [0.2, 0.25) is 5.02 Å². The second kappa shape index (κ2) is 4.05. The van der Waals surface area contributed by atoms with E-state index in [1.54, 1.807) is 0 Å². The number of amides is 1. The SMILES string of the molecule is NC(=O)C=Cc1ccc(F)cc1Cl. The van der Waals surface area contributed by atoms with Crippen molar-refractivity contribution >= 4 is 23.6 Å². The van der Waals surface area contributed by atoms with E-state index in [4.69, 9.17) is 17.3 Å². The Morgan fingerprint density at radius 1 is 1.54 bits per heavy atom. The van der Waals surface area contributed by atoms with Crippen LogP contribution in [-0.2, 0) is 4.79 Å². The topological polar surface area (TPSA) is 43.1 Å². The molecule has 4 heteroatoms. The van der Waals surface area contributed by atoms with E-state index >= 15 is 0 Å². The third-order valence-corrected chi connectivity index (χ3v) is 1.72. The van der Waals surface area contributed by atoms with Crippen LogP contribution in [0.15, 0.2) is 24.3 Å². The average molecular weight is 200 g/mol. The molecule has 0 saturated carbocycles. The molecule has 1 aromatic rings. The van der Waals surface area contributed by atoms with Crippen molar-refractivity contribution in [3.63, 3.8) is 0 Å². The Bertz CT molecular complexity index is 363. The molecule has 0 atom stereocenters. The van der Waals surface area contributed by atoms with Crippen LogP contribution in [0.1, 0.15) is 5.56 Å². The van der Waals surface area contributed by atoms with Gasteiger partial charge < -0.3 is 5.73 Å². The summed E-state index contributed by atoms with van der Waals surface area (Å²) in [6.45, 7) is 0. The number of nitrogens with two attached hydrogens (primary N) is 1. The third-order valence-electron chi connectivity index (χ3n) is 1.39. The van der Waals surface area contributed by atoms with Crippen LogP contribution in [0.25, 0.3) is 6.08 Å². The molecule has 0 heterocycles. The molecule has 0 radical (unpaired) electrons. The maximum atomic E-state index is 12.5. The molecular weight excluding hydrogens is 193 g/mol. The molecule has 1 rings (SSSR count). The molecule has 0 aromatic heterocycles. The van der Waals surface area contributed by atoms with E-state index in [1.807, 2.05) is 0 Å². The van der Waals surface area contributed by atoms with Gasteiger partial charge in [-0.05, 0) is 23.8 Å². The fourth-order valence-electron chi connectivity index (χ4n) is 0.809. The monoisotopic (exact) mass is 199 g/mol. The highest BCUT2D eigenvalue weighted by molar-refractivity contribution is 6.32. The molecule has 1 amide bonds. The van der Waals surface area contributed by atoms with Crippen molar-refractivity contribution in [1.82, 2.24) is 0 Å². The van der Waals surface area contributed by atoms with Crippen LogP contribution in [0.3, 0.4) is 0 Å². The minimum atomic E-state index is -0.569. The predicted molar refractivity (Wildman–Crippen MR) is 49.6 cm³/mol. The fourth-order valence-corrected chi connectivity index (χ4v) is 1.04. The van der Waals surface area contributed by atoms with Gasteiger partial charge in [-0.15, -0.1) is 0 Å². The predicted octanol–water partition coefficient (Wildman–Crippen LogP) is 1.98. The van der Waals surface area contributed by atoms with Gasteiger partial charge in [0.2, 0.25) is 5.91 Å². The van der Waals surface area contributed by atoms with Crippen LogP contribution in [-0.4, -0.2) is 5.91 Å². The van der Waals surface area contributed by atoms with Crippen molar-refractivity contribution in [2.24, 2.45) is 5.73 Å². The van der Waals surface area contributed by atoms with Gasteiger partial charge >= 0.3 is 0 Å². The van der Waals surface area contributed by atoms with Gasteiger partial charge in [-0.25, -0.2) is 4.39 Å². The smallest absolute Gasteiger partial charge is 0.241 e. The minimum absolute atomic E-state index is 0.248. The molecule has 68 valence electrons. The molecule has 0 aliphatic rings. The number of hydrogen-bond donors (Lipinski definition) is 1. The Hall–Kier alpha value is -1.35. The van der Waals surface area contributed by atoms with Gasteiger partial charge in [0.1, 0.15) is 5.82 Å². The average Bonchev–Trinajstić information content (AvgIpc) is 2.02. The van der Waals surface area contributed by atoms with Gasteiger partial charge in [-0.2, -0.15) is 0 Å². The highest BCUT2D eigenvalue weighted by atomic mass is 35.5. The zero-order valence-electron chi connectivity index (χ0n) is 6.63. The molecule has 0 aliphatic heterocycles. The lowest BCUT2D eigenvalue weighted by molar-refractivity contribution is -0.113. The van der Waals surface area contributed by atoms with Gasteiger partial charge in [0.25, 0.3) is 0 Å². The summed E-state index contributed by atoms with van der Waals surface area (Å²) in [5.41, 5.74) is 5.43. The minimum Gasteiger partial charge on any atom is -0.366 e. The molecule has 0 spiro atoms. The first-order valence-electron chi connectivity index (χ1n) is 3.52. The highest BCUT2D eigenvalue weighted by Gasteiger charge is 1.98. The van der Waals surface area contributed by atoms with Gasteiger partial charge in [0, 0.05) is 6.08 Å². The summed E-state index contributed by atoms with van der Waals surface area (Å²) in [6.07, 6.45) is 2.60. The summed E-state index contributed by atoms with van der Waals surface area (Å²) in [7, 11) is 0. The van der Waals surface area contributed by atoms with Gasteiger partial charge in [-0.3, -0.25) is 4.79 Å². The number of halogens is 2. The summed E-state index contributed by atoms with van der Waals surface area (Å²) in [5, 5.41) is 0.248. The van der Waals surface area contributed by atoms with Crippen molar-refractivity contribution in [2.75, 3.05) is 0 Å². The van der Waals surface area contributed by atoms with Crippen molar-refractivity contribution in [1.29, 1.82) is 0 Å². The lowest BCUT2D eigenvalue weighted by atomic mass is 10.2. The van der Waals surface area contributed by atoms with Crippen molar-refractivity contribution in [2.45, 2.75) is 0 Å². The van der Waals surface area contributed by atoms with E-state index in [1.165, 1.54) is 30.4 Å². The normalized spacial score (nSPS) is 10.6. The summed E-state index contributed by atoms with van der Waals surface area (Å²) in [4.78, 5) is 10.4. The van der Waals surface area contributed by atoms with Crippen LogP contribution >= 0.6 is 11.6 Å². The Kier molecular flexibility index (Phi) is 3.03. The number of primary amides is 1. The fraction of sp³-hybridized carbons (Fsp3) is 0. The summed E-state index contributed by atoms with van der Waals surface area (Å²) in [6, 6.07) is 3.89. The summed E-state index contributed by atoms with van der Waals surface area (Å²) < 4.78 is 12.5. The molecule has 2 nitrogen and oxygen atoms in total. The number of carbonyl (C=O) groups is 1. The lowest BCUT2D eigenvalue weighted by Gasteiger charge is -1.96. The molecule has 1 aromatic carbocycles. The second-order valence-electron chi connectivity index (χ2n) is 2.40. The van der Waals surface area contributed by atoms with E-state index in [0.29, 0.717) is 5.56 Å². The van der Waals surface area contributed by atoms with Crippen LogP contribution in [0.4, 0.5) is 4.39 Å². The molecule has 13 heavy (non-hydrogen) atoms. The van der Waals surface area contributed by atoms with Crippen molar-refractivity contribution in [3.8, 4) is 0 Å². The van der Waals surface area contributed by atoms with Crippen LogP contribution < -0.4 is 5.73 Å². The molecular formula is C9H7ClFNO. The first-order chi connectivity index (χ1) is 6.09. The third kappa shape index (κ3) is 2.87. The largest absolute Gasteiger partial charge is 0.366 e. The number of rotatable bonds is 2. The van der Waals surface area contributed by atoms with Gasteiger partial charge in [0.15, 0.2) is 0 Å². The molecule has 0 fully saturated rings. The Morgan fingerprint density at radius 3 is 2.77 bits per heavy atom. The quantitative estimate of drug-likeness (QED) is 0.728. The number of hydrogen-bond acceptors (Lipinski definition) is 1. The molecule has 0 bridgehead atoms. The maximum absolute atomic E-state index is 12.5. The molecule has 0 unspecified atom stereocenters. The number of benzene rings is 1. The Balaban J connectivity index is 2.96. The number of carbonyl (C=O) groups excluding carboxylic acids is 1. The van der Waals surface area contributed by atoms with Gasteiger partial charge in [0.05, 0.1) is 5.02 Å². The standard InChI is InChI=1S/C9H7ClFNO/c10-8-5-7(11)3-1-6(8)2-4-9(12)13/h1-5H,(H2,12,13). The Morgan fingerprint density at radius 2 is 2.23 bits per heavy atom. The maximum Gasteiger partial charge on any atom is 0.241 e. The van der Waals surface area contributed by atoms with Crippen molar-refractivity contribution in [3.05, 3.63) is 40.7 Å². The molecule has 0 saturated heterocycles. The first kappa shape index (κ1) is 9.74. The van der Waals surface area contributed by atoms with E-state index in [2.05, 4.69) is 0 Å². The summed E-state index contributed by atoms with van der Waals surface area (Å²) in [5.74, 6) is -0.985. The lowest BCUT2D eigenvalue weighted by Crippen LogP contribution is -2.05. The van der Waals surface area contributed by atoms with Gasteiger partial charge in [-0.1, -0.05) is 17.7 Å². The molecule has 2 N–H and O–H groups in total. The molecule has 0 aliphatic carbocycles.